The van der Waals surface area contributed by atoms with Gasteiger partial charge in [0.1, 0.15) is 4.60 Å². The molecule has 4 heteroatoms. The van der Waals surface area contributed by atoms with Gasteiger partial charge >= 0.3 is 5.69 Å². The number of H-pyrrole nitrogens is 1. The molecule has 56 valence electrons. The highest BCUT2D eigenvalue weighted by Crippen LogP contribution is 2.05. The van der Waals surface area contributed by atoms with Crippen LogP contribution in [0.2, 0.25) is 0 Å². The highest BCUT2D eigenvalue weighted by molar-refractivity contribution is 9.10. The zero-order valence-corrected chi connectivity index (χ0v) is 7.47. The normalized spacial score (nSPS) is 10.8. The quantitative estimate of drug-likeness (QED) is 0.741. The average molecular weight is 205 g/mol. The molecule has 0 amide bonds. The third-order valence-corrected chi connectivity index (χ3v) is 1.67. The smallest absolute Gasteiger partial charge is 0.300 e. The van der Waals surface area contributed by atoms with E-state index >= 15 is 0 Å². The number of imidazole rings is 1. The Morgan fingerprint density at radius 3 is 2.50 bits per heavy atom. The van der Waals surface area contributed by atoms with Crippen LogP contribution in [0.25, 0.3) is 0 Å². The van der Waals surface area contributed by atoms with E-state index in [0.29, 0.717) is 0 Å². The van der Waals surface area contributed by atoms with E-state index in [0.717, 1.165) is 4.60 Å². The molecule has 0 aliphatic carbocycles. The van der Waals surface area contributed by atoms with Crippen LogP contribution in [0.1, 0.15) is 19.9 Å². The number of aromatic amines is 1. The fourth-order valence-corrected chi connectivity index (χ4v) is 1.15. The minimum atomic E-state index is -0.0677. The van der Waals surface area contributed by atoms with E-state index in [-0.39, 0.29) is 11.7 Å². The van der Waals surface area contributed by atoms with Crippen LogP contribution in [-0.2, 0) is 0 Å². The molecule has 0 unspecified atom stereocenters. The summed E-state index contributed by atoms with van der Waals surface area (Å²) in [5.74, 6) is 0. The maximum absolute atomic E-state index is 11.0. The van der Waals surface area contributed by atoms with Gasteiger partial charge in [-0.05, 0) is 29.8 Å². The van der Waals surface area contributed by atoms with Crippen LogP contribution < -0.4 is 5.69 Å². The lowest BCUT2D eigenvalue weighted by Crippen LogP contribution is -2.17. The summed E-state index contributed by atoms with van der Waals surface area (Å²) in [6.45, 7) is 3.92. The molecule has 0 aliphatic rings. The highest BCUT2D eigenvalue weighted by Gasteiger charge is 2.02. The first-order valence-corrected chi connectivity index (χ1v) is 3.87. The molecule has 0 saturated carbocycles. The van der Waals surface area contributed by atoms with Gasteiger partial charge in [-0.3, -0.25) is 4.57 Å². The third-order valence-electron chi connectivity index (χ3n) is 1.27. The summed E-state index contributed by atoms with van der Waals surface area (Å²) in [6.07, 6.45) is 1.74. The van der Waals surface area contributed by atoms with Crippen molar-refractivity contribution in [3.05, 3.63) is 21.3 Å². The lowest BCUT2D eigenvalue weighted by atomic mass is 10.4. The molecule has 1 aromatic rings. The molecule has 0 aliphatic heterocycles. The van der Waals surface area contributed by atoms with Gasteiger partial charge in [0.05, 0.1) is 0 Å². The summed E-state index contributed by atoms with van der Waals surface area (Å²) in [4.78, 5) is 13.6. The second-order valence-electron chi connectivity index (χ2n) is 2.41. The van der Waals surface area contributed by atoms with Gasteiger partial charge < -0.3 is 4.98 Å². The number of nitrogens with zero attached hydrogens (tertiary/aromatic N) is 1. The molecule has 0 spiro atoms. The molecule has 0 fully saturated rings. The van der Waals surface area contributed by atoms with Gasteiger partial charge in [-0.25, -0.2) is 4.79 Å². The zero-order valence-electron chi connectivity index (χ0n) is 5.89. The van der Waals surface area contributed by atoms with Crippen molar-refractivity contribution in [2.75, 3.05) is 0 Å². The van der Waals surface area contributed by atoms with Gasteiger partial charge in [-0.2, -0.15) is 0 Å². The Morgan fingerprint density at radius 2 is 2.30 bits per heavy atom. The van der Waals surface area contributed by atoms with Crippen LogP contribution in [0, 0.1) is 0 Å². The predicted molar refractivity (Wildman–Crippen MR) is 43.1 cm³/mol. The van der Waals surface area contributed by atoms with Gasteiger partial charge in [0.2, 0.25) is 0 Å². The Morgan fingerprint density at radius 1 is 1.70 bits per heavy atom. The fourth-order valence-electron chi connectivity index (χ4n) is 0.763. The van der Waals surface area contributed by atoms with Gasteiger partial charge in [0, 0.05) is 12.2 Å². The molecule has 0 radical (unpaired) electrons. The van der Waals surface area contributed by atoms with Crippen molar-refractivity contribution in [1.29, 1.82) is 0 Å². The van der Waals surface area contributed by atoms with E-state index < -0.39 is 0 Å². The lowest BCUT2D eigenvalue weighted by molar-refractivity contribution is 0.580. The van der Waals surface area contributed by atoms with Crippen LogP contribution in [0.5, 0.6) is 0 Å². The molecule has 1 N–H and O–H groups in total. The molecule has 0 saturated heterocycles. The van der Waals surface area contributed by atoms with E-state index in [2.05, 4.69) is 20.9 Å². The Hall–Kier alpha value is -0.510. The van der Waals surface area contributed by atoms with Gasteiger partial charge in [0.15, 0.2) is 0 Å². The summed E-state index contributed by atoms with van der Waals surface area (Å²) >= 11 is 3.17. The predicted octanol–water partition coefficient (Wildman–Crippen LogP) is 1.52. The Balaban J connectivity index is 3.16. The summed E-state index contributed by atoms with van der Waals surface area (Å²) in [5, 5.41) is 0. The fraction of sp³-hybridized carbons (Fsp3) is 0.500. The van der Waals surface area contributed by atoms with Crippen molar-refractivity contribution in [3.8, 4) is 0 Å². The van der Waals surface area contributed by atoms with Crippen LogP contribution >= 0.6 is 15.9 Å². The van der Waals surface area contributed by atoms with Crippen molar-refractivity contribution in [2.45, 2.75) is 19.9 Å². The van der Waals surface area contributed by atoms with Gasteiger partial charge in [0.25, 0.3) is 0 Å². The lowest BCUT2D eigenvalue weighted by Gasteiger charge is -2.01. The molecule has 1 aromatic heterocycles. The Kier molecular flexibility index (Phi) is 1.99. The molecule has 3 nitrogen and oxygen atoms in total. The van der Waals surface area contributed by atoms with Crippen molar-refractivity contribution in [1.82, 2.24) is 9.55 Å². The topological polar surface area (TPSA) is 37.8 Å². The average Bonchev–Trinajstić information content (AvgIpc) is 2.10. The molecule has 0 aromatic carbocycles. The van der Waals surface area contributed by atoms with Crippen LogP contribution in [-0.4, -0.2) is 9.55 Å². The monoisotopic (exact) mass is 204 g/mol. The summed E-state index contributed by atoms with van der Waals surface area (Å²) in [7, 11) is 0. The van der Waals surface area contributed by atoms with Crippen LogP contribution in [0.3, 0.4) is 0 Å². The van der Waals surface area contributed by atoms with E-state index in [9.17, 15) is 4.79 Å². The number of halogens is 1. The summed E-state index contributed by atoms with van der Waals surface area (Å²) in [6, 6.07) is 0.218. The SMILES string of the molecule is CC(C)n1cc(Br)[nH]c1=O. The number of aromatic nitrogens is 2. The molecular formula is C6H9BrN2O. The first kappa shape index (κ1) is 7.60. The van der Waals surface area contributed by atoms with Crippen molar-refractivity contribution in [2.24, 2.45) is 0 Å². The molecule has 0 atom stereocenters. The first-order chi connectivity index (χ1) is 4.61. The van der Waals surface area contributed by atoms with Gasteiger partial charge in [-0.1, -0.05) is 0 Å². The van der Waals surface area contributed by atoms with E-state index in [4.69, 9.17) is 0 Å². The minimum absolute atomic E-state index is 0.0677. The number of rotatable bonds is 1. The molecule has 1 rings (SSSR count). The largest absolute Gasteiger partial charge is 0.326 e. The Bertz CT molecular complexity index is 274. The number of nitrogens with one attached hydrogen (secondary N) is 1. The van der Waals surface area contributed by atoms with E-state index in [1.807, 2.05) is 13.8 Å². The summed E-state index contributed by atoms with van der Waals surface area (Å²) < 4.78 is 2.36. The van der Waals surface area contributed by atoms with E-state index in [1.54, 1.807) is 10.8 Å². The van der Waals surface area contributed by atoms with Crippen molar-refractivity contribution >= 4 is 15.9 Å². The molecular weight excluding hydrogens is 196 g/mol. The molecule has 10 heavy (non-hydrogen) atoms. The second-order valence-corrected chi connectivity index (χ2v) is 3.26. The van der Waals surface area contributed by atoms with Crippen LogP contribution in [0.15, 0.2) is 15.6 Å². The van der Waals surface area contributed by atoms with Gasteiger partial charge in [-0.15, -0.1) is 0 Å². The first-order valence-electron chi connectivity index (χ1n) is 3.08. The second kappa shape index (κ2) is 2.62. The molecule has 0 bridgehead atoms. The maximum Gasteiger partial charge on any atom is 0.326 e. The van der Waals surface area contributed by atoms with Crippen LogP contribution in [0.4, 0.5) is 0 Å². The highest BCUT2D eigenvalue weighted by atomic mass is 79.9. The summed E-state index contributed by atoms with van der Waals surface area (Å²) in [5.41, 5.74) is -0.0677. The zero-order chi connectivity index (χ0) is 7.72. The minimum Gasteiger partial charge on any atom is -0.300 e. The van der Waals surface area contributed by atoms with Crippen molar-refractivity contribution in [3.63, 3.8) is 0 Å². The third kappa shape index (κ3) is 1.31. The number of hydrogen-bond acceptors (Lipinski definition) is 1. The standard InChI is InChI=1S/C6H9BrN2O/c1-4(2)9-3-5(7)8-6(9)10/h3-4H,1-2H3,(H,8,10). The Labute approximate surface area is 67.2 Å². The molecule has 1 heterocycles. The number of hydrogen-bond donors (Lipinski definition) is 1. The maximum atomic E-state index is 11.0. The van der Waals surface area contributed by atoms with E-state index in [1.165, 1.54) is 0 Å². The van der Waals surface area contributed by atoms with Crippen molar-refractivity contribution < 1.29 is 0 Å².